The van der Waals surface area contributed by atoms with Crippen molar-refractivity contribution in [3.8, 4) is 11.6 Å². The zero-order valence-electron chi connectivity index (χ0n) is 12.6. The third kappa shape index (κ3) is 3.79. The minimum atomic E-state index is -0.169. The van der Waals surface area contributed by atoms with Gasteiger partial charge in [-0.1, -0.05) is 36.4 Å². The molecule has 0 aliphatic carbocycles. The Balaban J connectivity index is 1.61. The zero-order valence-corrected chi connectivity index (χ0v) is 12.6. The third-order valence-corrected chi connectivity index (χ3v) is 3.34. The number of rotatable bonds is 5. The number of hydrogen-bond donors (Lipinski definition) is 1. The van der Waals surface area contributed by atoms with E-state index in [1.54, 1.807) is 18.3 Å². The molecule has 3 aromatic rings. The first kappa shape index (κ1) is 14.9. The number of benzene rings is 1. The number of pyridine rings is 1. The molecular weight excluding hydrogens is 292 g/mol. The summed E-state index contributed by atoms with van der Waals surface area (Å²) in [5.74, 6) is 0.408. The summed E-state index contributed by atoms with van der Waals surface area (Å²) in [5.41, 5.74) is 1.63. The Morgan fingerprint density at radius 1 is 1.13 bits per heavy atom. The van der Waals surface area contributed by atoms with Crippen LogP contribution in [0.5, 0.6) is 0 Å². The Kier molecular flexibility index (Phi) is 4.42. The monoisotopic (exact) mass is 308 g/mol. The molecule has 0 radical (unpaired) electrons. The van der Waals surface area contributed by atoms with Gasteiger partial charge in [0.1, 0.15) is 12.1 Å². The van der Waals surface area contributed by atoms with Crippen LogP contribution in [0.2, 0.25) is 0 Å². The maximum Gasteiger partial charge on any atom is 0.266 e. The highest BCUT2D eigenvalue weighted by atomic mass is 16.4. The van der Waals surface area contributed by atoms with Crippen LogP contribution in [-0.4, -0.2) is 21.1 Å². The molecule has 6 heteroatoms. The van der Waals surface area contributed by atoms with E-state index in [1.807, 2.05) is 43.3 Å². The molecule has 2 aromatic heterocycles. The van der Waals surface area contributed by atoms with Gasteiger partial charge in [0.15, 0.2) is 0 Å². The lowest BCUT2D eigenvalue weighted by molar-refractivity contribution is -0.121. The molecule has 0 bridgehead atoms. The topological polar surface area (TPSA) is 80.9 Å². The molecule has 0 fully saturated rings. The Morgan fingerprint density at radius 3 is 2.65 bits per heavy atom. The van der Waals surface area contributed by atoms with Crippen molar-refractivity contribution in [1.29, 1.82) is 0 Å². The highest BCUT2D eigenvalue weighted by Crippen LogP contribution is 2.15. The average Bonchev–Trinajstić information content (AvgIpc) is 3.04. The molecule has 1 N–H and O–H groups in total. The van der Waals surface area contributed by atoms with Crippen LogP contribution < -0.4 is 5.32 Å². The molecule has 23 heavy (non-hydrogen) atoms. The minimum absolute atomic E-state index is 0.0387. The molecule has 1 atom stereocenters. The number of aromatic nitrogens is 3. The Bertz CT molecular complexity index is 772. The first-order valence-corrected chi connectivity index (χ1v) is 7.30. The standard InChI is InChI=1S/C17H16N4O2/c1-12(13-7-3-2-4-8-13)19-15(22)11-16-20-21-17(23-16)14-9-5-6-10-18-14/h2-10,12H,11H2,1H3,(H,19,22). The Morgan fingerprint density at radius 2 is 1.91 bits per heavy atom. The number of amides is 1. The van der Waals surface area contributed by atoms with Crippen LogP contribution in [0.3, 0.4) is 0 Å². The summed E-state index contributed by atoms with van der Waals surface area (Å²) in [6.07, 6.45) is 1.68. The van der Waals surface area contributed by atoms with E-state index < -0.39 is 0 Å². The van der Waals surface area contributed by atoms with Gasteiger partial charge in [-0.3, -0.25) is 9.78 Å². The summed E-state index contributed by atoms with van der Waals surface area (Å²) in [5, 5.41) is 10.7. The van der Waals surface area contributed by atoms with Crippen LogP contribution in [0.4, 0.5) is 0 Å². The van der Waals surface area contributed by atoms with Crippen molar-refractivity contribution in [3.05, 3.63) is 66.2 Å². The summed E-state index contributed by atoms with van der Waals surface area (Å²) in [4.78, 5) is 16.2. The predicted octanol–water partition coefficient (Wildman–Crippen LogP) is 2.55. The minimum Gasteiger partial charge on any atom is -0.419 e. The molecule has 6 nitrogen and oxygen atoms in total. The van der Waals surface area contributed by atoms with E-state index in [2.05, 4.69) is 20.5 Å². The molecule has 0 aliphatic heterocycles. The van der Waals surface area contributed by atoms with Gasteiger partial charge in [0.2, 0.25) is 11.8 Å². The largest absolute Gasteiger partial charge is 0.419 e. The quantitative estimate of drug-likeness (QED) is 0.783. The number of carbonyl (C=O) groups excluding carboxylic acids is 1. The van der Waals surface area contributed by atoms with Crippen molar-refractivity contribution in [1.82, 2.24) is 20.5 Å². The van der Waals surface area contributed by atoms with Crippen molar-refractivity contribution < 1.29 is 9.21 Å². The second-order valence-electron chi connectivity index (χ2n) is 5.09. The highest BCUT2D eigenvalue weighted by molar-refractivity contribution is 5.78. The van der Waals surface area contributed by atoms with Crippen molar-refractivity contribution in [2.45, 2.75) is 19.4 Å². The van der Waals surface area contributed by atoms with E-state index in [-0.39, 0.29) is 24.3 Å². The van der Waals surface area contributed by atoms with Gasteiger partial charge in [0.05, 0.1) is 6.04 Å². The second-order valence-corrected chi connectivity index (χ2v) is 5.09. The fourth-order valence-corrected chi connectivity index (χ4v) is 2.17. The third-order valence-electron chi connectivity index (χ3n) is 3.34. The van der Waals surface area contributed by atoms with E-state index in [0.29, 0.717) is 11.6 Å². The van der Waals surface area contributed by atoms with E-state index in [9.17, 15) is 4.79 Å². The van der Waals surface area contributed by atoms with Crippen LogP contribution in [-0.2, 0) is 11.2 Å². The smallest absolute Gasteiger partial charge is 0.266 e. The van der Waals surface area contributed by atoms with Gasteiger partial charge in [0, 0.05) is 6.20 Å². The van der Waals surface area contributed by atoms with Gasteiger partial charge in [-0.15, -0.1) is 10.2 Å². The van der Waals surface area contributed by atoms with Crippen LogP contribution in [0.25, 0.3) is 11.6 Å². The average molecular weight is 308 g/mol. The van der Waals surface area contributed by atoms with Crippen molar-refractivity contribution in [3.63, 3.8) is 0 Å². The lowest BCUT2D eigenvalue weighted by Gasteiger charge is -2.13. The van der Waals surface area contributed by atoms with Crippen LogP contribution in [0.1, 0.15) is 24.4 Å². The van der Waals surface area contributed by atoms with Crippen LogP contribution in [0.15, 0.2) is 59.1 Å². The number of nitrogens with one attached hydrogen (secondary N) is 1. The van der Waals surface area contributed by atoms with E-state index in [4.69, 9.17) is 4.42 Å². The fourth-order valence-electron chi connectivity index (χ4n) is 2.17. The van der Waals surface area contributed by atoms with Crippen LogP contribution >= 0.6 is 0 Å². The first-order valence-electron chi connectivity index (χ1n) is 7.30. The number of hydrogen-bond acceptors (Lipinski definition) is 5. The fraction of sp³-hybridized carbons (Fsp3) is 0.176. The SMILES string of the molecule is CC(NC(=O)Cc1nnc(-c2ccccn2)o1)c1ccccc1. The molecule has 0 saturated carbocycles. The highest BCUT2D eigenvalue weighted by Gasteiger charge is 2.15. The molecule has 0 spiro atoms. The number of carbonyl (C=O) groups is 1. The van der Waals surface area contributed by atoms with Gasteiger partial charge in [-0.25, -0.2) is 0 Å². The molecule has 116 valence electrons. The zero-order chi connectivity index (χ0) is 16.1. The maximum atomic E-state index is 12.1. The summed E-state index contributed by atoms with van der Waals surface area (Å²) in [6, 6.07) is 15.1. The van der Waals surface area contributed by atoms with E-state index >= 15 is 0 Å². The molecular formula is C17H16N4O2. The van der Waals surface area contributed by atoms with Crippen molar-refractivity contribution >= 4 is 5.91 Å². The molecule has 3 rings (SSSR count). The summed E-state index contributed by atoms with van der Waals surface area (Å²) < 4.78 is 5.48. The molecule has 2 heterocycles. The Hall–Kier alpha value is -3.02. The predicted molar refractivity (Wildman–Crippen MR) is 84.2 cm³/mol. The van der Waals surface area contributed by atoms with E-state index in [1.165, 1.54) is 0 Å². The van der Waals surface area contributed by atoms with Gasteiger partial charge >= 0.3 is 0 Å². The molecule has 1 unspecified atom stereocenters. The van der Waals surface area contributed by atoms with Crippen molar-refractivity contribution in [2.75, 3.05) is 0 Å². The van der Waals surface area contributed by atoms with Gasteiger partial charge in [-0.2, -0.15) is 0 Å². The lowest BCUT2D eigenvalue weighted by Crippen LogP contribution is -2.28. The molecule has 1 aromatic carbocycles. The second kappa shape index (κ2) is 6.83. The molecule has 0 saturated heterocycles. The maximum absolute atomic E-state index is 12.1. The summed E-state index contributed by atoms with van der Waals surface area (Å²) in [6.45, 7) is 1.93. The molecule has 0 aliphatic rings. The van der Waals surface area contributed by atoms with Crippen LogP contribution in [0, 0.1) is 0 Å². The van der Waals surface area contributed by atoms with E-state index in [0.717, 1.165) is 5.56 Å². The Labute approximate surface area is 133 Å². The normalized spacial score (nSPS) is 11.9. The van der Waals surface area contributed by atoms with Gasteiger partial charge in [-0.05, 0) is 24.6 Å². The summed E-state index contributed by atoms with van der Waals surface area (Å²) in [7, 11) is 0. The van der Waals surface area contributed by atoms with Gasteiger partial charge < -0.3 is 9.73 Å². The first-order chi connectivity index (χ1) is 11.2. The lowest BCUT2D eigenvalue weighted by atomic mass is 10.1. The number of nitrogens with zero attached hydrogens (tertiary/aromatic N) is 3. The molecule has 1 amide bonds. The van der Waals surface area contributed by atoms with Gasteiger partial charge in [0.25, 0.3) is 5.89 Å². The van der Waals surface area contributed by atoms with Crippen molar-refractivity contribution in [2.24, 2.45) is 0 Å². The summed E-state index contributed by atoms with van der Waals surface area (Å²) >= 11 is 0.